The van der Waals surface area contributed by atoms with Crippen molar-refractivity contribution in [2.75, 3.05) is 0 Å². The molecule has 1 aromatic carbocycles. The van der Waals surface area contributed by atoms with Crippen LogP contribution in [0.4, 0.5) is 0 Å². The third-order valence-electron chi connectivity index (χ3n) is 5.58. The lowest BCUT2D eigenvalue weighted by Gasteiger charge is -2.35. The molecule has 0 radical (unpaired) electrons. The molecule has 1 heterocycles. The normalized spacial score (nSPS) is 23.2. The van der Waals surface area contributed by atoms with Crippen LogP contribution in [0.1, 0.15) is 50.6 Å². The maximum Gasteiger partial charge on any atom is 0.375 e. The van der Waals surface area contributed by atoms with E-state index in [1.54, 1.807) is 6.07 Å². The molecule has 0 bridgehead atoms. The highest BCUT2D eigenvalue weighted by Crippen LogP contribution is 2.29. The predicted molar refractivity (Wildman–Crippen MR) is 106 cm³/mol. The third kappa shape index (κ3) is 4.38. The summed E-state index contributed by atoms with van der Waals surface area (Å²) in [4.78, 5) is 37.0. The van der Waals surface area contributed by atoms with Gasteiger partial charge in [0.25, 0.3) is 5.91 Å². The van der Waals surface area contributed by atoms with Crippen LogP contribution in [0.15, 0.2) is 33.5 Å². The molecule has 150 valence electrons. The van der Waals surface area contributed by atoms with E-state index in [1.165, 1.54) is 19.1 Å². The Morgan fingerprint density at radius 2 is 2.00 bits per heavy atom. The number of carbonyl (C=O) groups is 2. The van der Waals surface area contributed by atoms with Gasteiger partial charge < -0.3 is 14.5 Å². The van der Waals surface area contributed by atoms with Crippen LogP contribution in [0, 0.1) is 11.8 Å². The van der Waals surface area contributed by atoms with E-state index in [1.807, 2.05) is 0 Å². The number of hydrogen-bond donors (Lipinski definition) is 1. The van der Waals surface area contributed by atoms with Crippen molar-refractivity contribution in [3.63, 3.8) is 0 Å². The second-order valence-electron chi connectivity index (χ2n) is 7.55. The summed E-state index contributed by atoms with van der Waals surface area (Å²) >= 11 is 5.88. The van der Waals surface area contributed by atoms with Gasteiger partial charge in [-0.1, -0.05) is 38.3 Å². The van der Waals surface area contributed by atoms with E-state index in [2.05, 4.69) is 19.2 Å². The van der Waals surface area contributed by atoms with Crippen molar-refractivity contribution >= 4 is 34.4 Å². The number of amides is 1. The van der Waals surface area contributed by atoms with Crippen LogP contribution in [0.3, 0.4) is 0 Å². The lowest BCUT2D eigenvalue weighted by Crippen LogP contribution is -2.47. The second-order valence-corrected chi connectivity index (χ2v) is 7.98. The van der Waals surface area contributed by atoms with Gasteiger partial charge in [-0.3, -0.25) is 9.59 Å². The summed E-state index contributed by atoms with van der Waals surface area (Å²) in [7, 11) is 0. The Hall–Kier alpha value is -2.34. The minimum absolute atomic E-state index is 0.0701. The molecule has 7 heteroatoms. The number of hydrogen-bond acceptors (Lipinski definition) is 5. The smallest absolute Gasteiger partial charge is 0.375 e. The molecule has 1 amide bonds. The summed E-state index contributed by atoms with van der Waals surface area (Å²) < 4.78 is 10.7. The summed E-state index contributed by atoms with van der Waals surface area (Å²) in [5, 5.41) is 3.65. The van der Waals surface area contributed by atoms with Gasteiger partial charge >= 0.3 is 5.97 Å². The fraction of sp³-hybridized carbons (Fsp3) is 0.476. The van der Waals surface area contributed by atoms with Crippen LogP contribution in [0.25, 0.3) is 11.0 Å². The average molecular weight is 406 g/mol. The molecule has 6 nitrogen and oxygen atoms in total. The number of esters is 1. The number of fused-ring (bicyclic) bond motifs is 1. The SMILES string of the molecule is C[C@@H]1[C@H](C)CCC[C@@H]1NC(=O)[C@@H](C)OC(=O)c1cc(=O)c2cc(Cl)ccc2o1. The minimum Gasteiger partial charge on any atom is -0.449 e. The molecule has 4 atom stereocenters. The van der Waals surface area contributed by atoms with Gasteiger partial charge in [-0.25, -0.2) is 4.79 Å². The average Bonchev–Trinajstić information content (AvgIpc) is 2.65. The number of nitrogens with one attached hydrogen (secondary N) is 1. The molecule has 3 rings (SSSR count). The topological polar surface area (TPSA) is 85.6 Å². The molecule has 1 aliphatic rings. The zero-order chi connectivity index (χ0) is 20.4. The van der Waals surface area contributed by atoms with E-state index in [0.29, 0.717) is 16.9 Å². The van der Waals surface area contributed by atoms with Crippen molar-refractivity contribution in [2.45, 2.75) is 52.2 Å². The fourth-order valence-electron chi connectivity index (χ4n) is 3.59. The molecule has 1 N–H and O–H groups in total. The van der Waals surface area contributed by atoms with Gasteiger partial charge in [0.05, 0.1) is 5.39 Å². The van der Waals surface area contributed by atoms with Crippen molar-refractivity contribution in [3.8, 4) is 0 Å². The van der Waals surface area contributed by atoms with Crippen LogP contribution in [-0.2, 0) is 9.53 Å². The van der Waals surface area contributed by atoms with Crippen molar-refractivity contribution < 1.29 is 18.7 Å². The van der Waals surface area contributed by atoms with Crippen LogP contribution in [0.5, 0.6) is 0 Å². The van der Waals surface area contributed by atoms with Crippen LogP contribution < -0.4 is 10.7 Å². The maximum absolute atomic E-state index is 12.5. The number of ether oxygens (including phenoxy) is 1. The summed E-state index contributed by atoms with van der Waals surface area (Å²) in [6, 6.07) is 5.67. The molecular weight excluding hydrogens is 382 g/mol. The molecule has 0 saturated heterocycles. The standard InChI is InChI=1S/C21H24ClNO5/c1-11-5-4-6-16(12(11)2)23-20(25)13(3)27-21(26)19-10-17(24)15-9-14(22)7-8-18(15)28-19/h7-13,16H,4-6H2,1-3H3,(H,23,25)/t11-,12-,13-,16+/m1/s1. The van der Waals surface area contributed by atoms with E-state index in [4.69, 9.17) is 20.8 Å². The van der Waals surface area contributed by atoms with Crippen molar-refractivity contribution in [1.29, 1.82) is 0 Å². The molecule has 0 aliphatic heterocycles. The van der Waals surface area contributed by atoms with Crippen LogP contribution in [-0.4, -0.2) is 24.0 Å². The first kappa shape index (κ1) is 20.4. The highest BCUT2D eigenvalue weighted by molar-refractivity contribution is 6.31. The lowest BCUT2D eigenvalue weighted by atomic mass is 9.78. The third-order valence-corrected chi connectivity index (χ3v) is 5.81. The van der Waals surface area contributed by atoms with Gasteiger partial charge in [-0.05, 0) is 43.4 Å². The maximum atomic E-state index is 12.5. The second kappa shape index (κ2) is 8.35. The number of benzene rings is 1. The van der Waals surface area contributed by atoms with E-state index in [9.17, 15) is 14.4 Å². The molecule has 0 unspecified atom stereocenters. The molecule has 1 aromatic heterocycles. The van der Waals surface area contributed by atoms with Crippen molar-refractivity contribution in [3.05, 3.63) is 45.3 Å². The van der Waals surface area contributed by atoms with Gasteiger partial charge in [0.15, 0.2) is 11.5 Å². The molecule has 0 spiro atoms. The molecular formula is C21H24ClNO5. The zero-order valence-corrected chi connectivity index (χ0v) is 16.9. The van der Waals surface area contributed by atoms with Crippen molar-refractivity contribution in [1.82, 2.24) is 5.32 Å². The van der Waals surface area contributed by atoms with E-state index >= 15 is 0 Å². The Kier molecular flexibility index (Phi) is 6.08. The molecule has 1 saturated carbocycles. The Morgan fingerprint density at radius 1 is 1.25 bits per heavy atom. The summed E-state index contributed by atoms with van der Waals surface area (Å²) in [6.45, 7) is 5.81. The van der Waals surface area contributed by atoms with Gasteiger partial charge in [0, 0.05) is 17.1 Å². The Labute approximate surface area is 168 Å². The molecule has 1 aliphatic carbocycles. The van der Waals surface area contributed by atoms with Gasteiger partial charge in [-0.2, -0.15) is 0 Å². The Bertz CT molecular complexity index is 953. The zero-order valence-electron chi connectivity index (χ0n) is 16.2. The summed E-state index contributed by atoms with van der Waals surface area (Å²) in [6.07, 6.45) is 2.14. The van der Waals surface area contributed by atoms with Gasteiger partial charge in [0.1, 0.15) is 5.58 Å². The number of halogens is 1. The highest BCUT2D eigenvalue weighted by Gasteiger charge is 2.30. The molecule has 28 heavy (non-hydrogen) atoms. The minimum atomic E-state index is -0.997. The Balaban J connectivity index is 1.68. The van der Waals surface area contributed by atoms with Crippen molar-refractivity contribution in [2.24, 2.45) is 11.8 Å². The number of carbonyl (C=O) groups excluding carboxylic acids is 2. The quantitative estimate of drug-likeness (QED) is 0.779. The monoisotopic (exact) mass is 405 g/mol. The van der Waals surface area contributed by atoms with Crippen LogP contribution in [0.2, 0.25) is 5.02 Å². The highest BCUT2D eigenvalue weighted by atomic mass is 35.5. The first-order valence-corrected chi connectivity index (χ1v) is 9.89. The lowest BCUT2D eigenvalue weighted by molar-refractivity contribution is -0.130. The first-order chi connectivity index (χ1) is 13.3. The van der Waals surface area contributed by atoms with Gasteiger partial charge in [0.2, 0.25) is 5.76 Å². The number of rotatable bonds is 4. The Morgan fingerprint density at radius 3 is 2.75 bits per heavy atom. The molecule has 2 aromatic rings. The van der Waals surface area contributed by atoms with E-state index in [0.717, 1.165) is 25.3 Å². The fourth-order valence-corrected chi connectivity index (χ4v) is 3.76. The van der Waals surface area contributed by atoms with E-state index in [-0.39, 0.29) is 28.7 Å². The van der Waals surface area contributed by atoms with Gasteiger partial charge in [-0.15, -0.1) is 0 Å². The summed E-state index contributed by atoms with van der Waals surface area (Å²) in [5.41, 5.74) is -0.177. The predicted octanol–water partition coefficient (Wildman–Crippen LogP) is 3.93. The van der Waals surface area contributed by atoms with Crippen LogP contribution >= 0.6 is 11.6 Å². The summed E-state index contributed by atoms with van der Waals surface area (Å²) in [5.74, 6) is -0.557. The molecule has 1 fully saturated rings. The largest absolute Gasteiger partial charge is 0.449 e. The van der Waals surface area contributed by atoms with E-state index < -0.39 is 17.5 Å². The first-order valence-electron chi connectivity index (χ1n) is 9.51.